The highest BCUT2D eigenvalue weighted by Crippen LogP contribution is 2.42. The molecule has 4 rings (SSSR count). The Bertz CT molecular complexity index is 1070. The van der Waals surface area contributed by atoms with Crippen LogP contribution in [0.3, 0.4) is 0 Å². The minimum Gasteiger partial charge on any atom is -0.444 e. The average molecular weight is 463 g/mol. The maximum atomic E-state index is 12.4. The first-order valence-corrected chi connectivity index (χ1v) is 11.9. The summed E-state index contributed by atoms with van der Waals surface area (Å²) in [5, 5.41) is 12.6. The molecule has 2 aliphatic rings. The van der Waals surface area contributed by atoms with E-state index in [-0.39, 0.29) is 12.1 Å². The summed E-state index contributed by atoms with van der Waals surface area (Å²) in [5.74, 6) is 0.938. The number of nitrogens with zero attached hydrogens (tertiary/aromatic N) is 5. The van der Waals surface area contributed by atoms with Crippen molar-refractivity contribution in [2.75, 3.05) is 41.5 Å². The largest absolute Gasteiger partial charge is 0.444 e. The zero-order valence-corrected chi connectivity index (χ0v) is 20.5. The van der Waals surface area contributed by atoms with E-state index in [0.717, 1.165) is 48.6 Å². The summed E-state index contributed by atoms with van der Waals surface area (Å²) in [6.07, 6.45) is 4.51. The van der Waals surface area contributed by atoms with E-state index in [4.69, 9.17) is 4.74 Å². The first-order chi connectivity index (χ1) is 16.2. The molecule has 1 fully saturated rings. The Balaban J connectivity index is 1.59. The van der Waals surface area contributed by atoms with Crippen molar-refractivity contribution in [3.63, 3.8) is 0 Å². The molecule has 1 aromatic carbocycles. The molecule has 8 heteroatoms. The smallest absolute Gasteiger partial charge is 0.407 e. The monoisotopic (exact) mass is 462 g/mol. The van der Waals surface area contributed by atoms with Crippen LogP contribution in [0.4, 0.5) is 22.0 Å². The summed E-state index contributed by atoms with van der Waals surface area (Å²) in [6.45, 7) is 8.59. The highest BCUT2D eigenvalue weighted by molar-refractivity contribution is 5.85. The summed E-state index contributed by atoms with van der Waals surface area (Å²) in [7, 11) is 2.04. The van der Waals surface area contributed by atoms with Crippen LogP contribution >= 0.6 is 0 Å². The molecule has 0 aliphatic carbocycles. The van der Waals surface area contributed by atoms with E-state index in [1.807, 2.05) is 58.3 Å². The van der Waals surface area contributed by atoms with Crippen molar-refractivity contribution < 1.29 is 9.53 Å². The van der Waals surface area contributed by atoms with Gasteiger partial charge in [0.25, 0.3) is 0 Å². The Morgan fingerprint density at radius 2 is 2.06 bits per heavy atom. The maximum Gasteiger partial charge on any atom is 0.407 e. The van der Waals surface area contributed by atoms with Crippen molar-refractivity contribution in [3.8, 4) is 6.07 Å². The lowest BCUT2D eigenvalue weighted by atomic mass is 10.1. The lowest BCUT2D eigenvalue weighted by Crippen LogP contribution is -2.45. The molecule has 0 bridgehead atoms. The van der Waals surface area contributed by atoms with Gasteiger partial charge in [-0.25, -0.2) is 9.78 Å². The lowest BCUT2D eigenvalue weighted by Gasteiger charge is -2.31. The topological polar surface area (TPSA) is 84.7 Å². The molecule has 2 aromatic rings. The molecule has 1 aromatic heterocycles. The van der Waals surface area contributed by atoms with Crippen LogP contribution in [-0.2, 0) is 11.3 Å². The number of aromatic nitrogens is 1. The second-order valence-corrected chi connectivity index (χ2v) is 10.1. The maximum absolute atomic E-state index is 12.4. The summed E-state index contributed by atoms with van der Waals surface area (Å²) in [4.78, 5) is 23.9. The number of pyridine rings is 1. The van der Waals surface area contributed by atoms with Crippen molar-refractivity contribution in [2.45, 2.75) is 58.2 Å². The second kappa shape index (κ2) is 9.80. The summed E-state index contributed by atoms with van der Waals surface area (Å²) in [6, 6.07) is 12.1. The molecule has 3 heterocycles. The predicted octanol–water partition coefficient (Wildman–Crippen LogP) is 4.25. The van der Waals surface area contributed by atoms with Crippen molar-refractivity contribution in [2.24, 2.45) is 0 Å². The molecule has 0 spiro atoms. The van der Waals surface area contributed by atoms with Gasteiger partial charge in [-0.05, 0) is 57.7 Å². The highest BCUT2D eigenvalue weighted by Gasteiger charge is 2.31. The average Bonchev–Trinajstić information content (AvgIpc) is 2.94. The molecule has 180 valence electrons. The molecule has 2 aliphatic heterocycles. The number of alkyl carbamates (subject to hydrolysis) is 1. The molecule has 1 N–H and O–H groups in total. The number of amides is 1. The van der Waals surface area contributed by atoms with Gasteiger partial charge in [0.1, 0.15) is 11.3 Å². The van der Waals surface area contributed by atoms with E-state index < -0.39 is 5.60 Å². The Hall–Kier alpha value is -3.47. The van der Waals surface area contributed by atoms with Crippen LogP contribution < -0.4 is 20.0 Å². The van der Waals surface area contributed by atoms with E-state index >= 15 is 0 Å². The number of hydrogen-bond acceptors (Lipinski definition) is 7. The first-order valence-electron chi connectivity index (χ1n) is 11.9. The van der Waals surface area contributed by atoms with Gasteiger partial charge in [0.05, 0.1) is 24.0 Å². The number of benzene rings is 1. The van der Waals surface area contributed by atoms with Crippen LogP contribution in [0.25, 0.3) is 0 Å². The highest BCUT2D eigenvalue weighted by atomic mass is 16.6. The molecule has 1 amide bonds. The zero-order chi connectivity index (χ0) is 24.3. The third-order valence-electron chi connectivity index (χ3n) is 6.18. The van der Waals surface area contributed by atoms with Gasteiger partial charge >= 0.3 is 6.09 Å². The fourth-order valence-corrected chi connectivity index (χ4v) is 4.72. The second-order valence-electron chi connectivity index (χ2n) is 10.1. The van der Waals surface area contributed by atoms with Gasteiger partial charge in [-0.15, -0.1) is 0 Å². The number of carbonyl (C=O) groups excluding carboxylic acids is 1. The summed E-state index contributed by atoms with van der Waals surface area (Å²) >= 11 is 0. The van der Waals surface area contributed by atoms with Gasteiger partial charge in [-0.3, -0.25) is 0 Å². The fraction of sp³-hybridized carbons (Fsp3) is 0.500. The molecule has 0 saturated carbocycles. The number of ether oxygens (including phenoxy) is 1. The van der Waals surface area contributed by atoms with Gasteiger partial charge in [-0.2, -0.15) is 5.26 Å². The number of anilines is 3. The van der Waals surface area contributed by atoms with E-state index in [1.54, 1.807) is 0 Å². The first kappa shape index (κ1) is 23.7. The Morgan fingerprint density at radius 3 is 2.82 bits per heavy atom. The quantitative estimate of drug-likeness (QED) is 0.727. The molecule has 1 unspecified atom stereocenters. The Kier molecular flexibility index (Phi) is 6.82. The third-order valence-corrected chi connectivity index (χ3v) is 6.18. The van der Waals surface area contributed by atoms with E-state index in [1.165, 1.54) is 0 Å². The molecular weight excluding hydrogens is 428 g/mol. The predicted molar refractivity (Wildman–Crippen MR) is 134 cm³/mol. The van der Waals surface area contributed by atoms with Crippen LogP contribution in [-0.4, -0.2) is 49.5 Å². The van der Waals surface area contributed by atoms with Crippen molar-refractivity contribution in [1.82, 2.24) is 10.3 Å². The third kappa shape index (κ3) is 5.36. The van der Waals surface area contributed by atoms with Crippen LogP contribution in [0, 0.1) is 11.3 Å². The molecule has 1 atom stereocenters. The van der Waals surface area contributed by atoms with E-state index in [9.17, 15) is 10.1 Å². The zero-order valence-electron chi connectivity index (χ0n) is 20.5. The van der Waals surface area contributed by atoms with Gasteiger partial charge in [0.2, 0.25) is 0 Å². The summed E-state index contributed by atoms with van der Waals surface area (Å²) < 4.78 is 5.50. The summed E-state index contributed by atoms with van der Waals surface area (Å²) in [5.41, 5.74) is 3.37. The number of rotatable bonds is 4. The van der Waals surface area contributed by atoms with Crippen LogP contribution in [0.5, 0.6) is 0 Å². The fourth-order valence-electron chi connectivity index (χ4n) is 4.72. The number of carbonyl (C=O) groups is 1. The van der Waals surface area contributed by atoms with Gasteiger partial charge in [-0.1, -0.05) is 18.2 Å². The molecular formula is C26H34N6O2. The van der Waals surface area contributed by atoms with Crippen LogP contribution in [0.1, 0.15) is 51.2 Å². The van der Waals surface area contributed by atoms with Crippen molar-refractivity contribution >= 4 is 23.3 Å². The molecule has 34 heavy (non-hydrogen) atoms. The SMILES string of the molecule is CN1CN(Cc2ccccc2C#N)c2c(N3CCCCC(NC(=O)OC(C)(C)C)C3)ccnc21. The van der Waals surface area contributed by atoms with Gasteiger partial charge < -0.3 is 24.8 Å². The van der Waals surface area contributed by atoms with Crippen molar-refractivity contribution in [1.29, 1.82) is 5.26 Å². The standard InChI is InChI=1S/C26H34N6O2/c1-26(2,3)34-25(33)29-21-11-7-8-14-31(17-21)22-12-13-28-24-23(22)32(18-30(24)4)16-20-10-6-5-9-19(20)15-27/h5-6,9-10,12-13,21H,7-8,11,14,16-18H2,1-4H3,(H,29,33). The molecule has 1 saturated heterocycles. The van der Waals surface area contributed by atoms with Crippen molar-refractivity contribution in [3.05, 3.63) is 47.7 Å². The minimum atomic E-state index is -0.523. The van der Waals surface area contributed by atoms with E-state index in [0.29, 0.717) is 25.3 Å². The number of nitrogens with one attached hydrogen (secondary N) is 1. The van der Waals surface area contributed by atoms with Gasteiger partial charge in [0, 0.05) is 38.9 Å². The van der Waals surface area contributed by atoms with E-state index in [2.05, 4.69) is 37.1 Å². The van der Waals surface area contributed by atoms with Gasteiger partial charge in [0.15, 0.2) is 5.82 Å². The number of fused-ring (bicyclic) bond motifs is 1. The number of hydrogen-bond donors (Lipinski definition) is 1. The van der Waals surface area contributed by atoms with Crippen LogP contribution in [0.15, 0.2) is 36.5 Å². The molecule has 8 nitrogen and oxygen atoms in total. The normalized spacial score (nSPS) is 18.2. The minimum absolute atomic E-state index is 0.00747. The molecule has 0 radical (unpaired) electrons. The van der Waals surface area contributed by atoms with Crippen LogP contribution in [0.2, 0.25) is 0 Å². The number of nitriles is 1. The lowest BCUT2D eigenvalue weighted by molar-refractivity contribution is 0.0504. The Morgan fingerprint density at radius 1 is 1.26 bits per heavy atom. The Labute approximate surface area is 202 Å².